The normalized spacial score (nSPS) is 16.4. The van der Waals surface area contributed by atoms with Crippen LogP contribution in [0.2, 0.25) is 5.02 Å². The van der Waals surface area contributed by atoms with E-state index in [4.69, 9.17) is 11.6 Å². The highest BCUT2D eigenvalue weighted by molar-refractivity contribution is 6.31. The molecule has 8 heteroatoms. The number of hydrogen-bond acceptors (Lipinski definition) is 3. The number of piperazine rings is 1. The third-order valence-electron chi connectivity index (χ3n) is 6.02. The fraction of sp³-hybridized carbons (Fsp3) is 0.375. The van der Waals surface area contributed by atoms with Gasteiger partial charge in [-0.3, -0.25) is 9.59 Å². The molecule has 7 nitrogen and oxygen atoms in total. The lowest BCUT2D eigenvalue weighted by Crippen LogP contribution is -2.51. The number of carbonyl (C=O) groups is 3. The van der Waals surface area contributed by atoms with Gasteiger partial charge in [-0.2, -0.15) is 0 Å². The third-order valence-corrected chi connectivity index (χ3v) is 6.43. The minimum atomic E-state index is -0.196. The van der Waals surface area contributed by atoms with Gasteiger partial charge in [0.05, 0.1) is 0 Å². The van der Waals surface area contributed by atoms with Crippen LogP contribution >= 0.6 is 11.6 Å². The Morgan fingerprint density at radius 2 is 1.66 bits per heavy atom. The molecule has 2 aromatic rings. The van der Waals surface area contributed by atoms with Crippen molar-refractivity contribution in [3.05, 3.63) is 64.2 Å². The highest BCUT2D eigenvalue weighted by Crippen LogP contribution is 2.21. The van der Waals surface area contributed by atoms with Gasteiger partial charge in [0.25, 0.3) is 5.91 Å². The molecule has 0 spiro atoms. The second-order valence-electron chi connectivity index (χ2n) is 8.29. The number of anilines is 1. The van der Waals surface area contributed by atoms with Crippen LogP contribution < -0.4 is 5.32 Å². The van der Waals surface area contributed by atoms with E-state index >= 15 is 0 Å². The minimum absolute atomic E-state index is 0.0424. The largest absolute Gasteiger partial charge is 0.338 e. The van der Waals surface area contributed by atoms with Gasteiger partial charge >= 0.3 is 6.03 Å². The van der Waals surface area contributed by atoms with E-state index in [1.807, 2.05) is 48.2 Å². The van der Waals surface area contributed by atoms with Gasteiger partial charge in [-0.1, -0.05) is 29.8 Å². The van der Waals surface area contributed by atoms with Gasteiger partial charge < -0.3 is 20.0 Å². The smallest absolute Gasteiger partial charge is 0.321 e. The molecule has 0 bridgehead atoms. The molecule has 2 aromatic carbocycles. The molecular weight excluding hydrogens is 428 g/mol. The molecule has 0 radical (unpaired) electrons. The van der Waals surface area contributed by atoms with E-state index in [0.29, 0.717) is 55.4 Å². The molecule has 0 aromatic heterocycles. The summed E-state index contributed by atoms with van der Waals surface area (Å²) in [7, 11) is 0. The summed E-state index contributed by atoms with van der Waals surface area (Å²) in [6.07, 6.45) is 1.54. The average Bonchev–Trinajstić information content (AvgIpc) is 3.20. The van der Waals surface area contributed by atoms with E-state index in [9.17, 15) is 14.4 Å². The third kappa shape index (κ3) is 5.05. The predicted molar refractivity (Wildman–Crippen MR) is 124 cm³/mol. The van der Waals surface area contributed by atoms with Crippen LogP contribution in [0.15, 0.2) is 42.5 Å². The van der Waals surface area contributed by atoms with Gasteiger partial charge in [0.15, 0.2) is 0 Å². The molecule has 2 aliphatic heterocycles. The molecule has 2 fully saturated rings. The van der Waals surface area contributed by atoms with E-state index < -0.39 is 0 Å². The molecule has 4 rings (SSSR count). The van der Waals surface area contributed by atoms with Gasteiger partial charge in [0.2, 0.25) is 5.91 Å². The van der Waals surface area contributed by atoms with Crippen molar-refractivity contribution in [1.29, 1.82) is 0 Å². The van der Waals surface area contributed by atoms with Crippen LogP contribution in [-0.4, -0.2) is 65.3 Å². The Hall–Kier alpha value is -3.06. The van der Waals surface area contributed by atoms with Gasteiger partial charge in [-0.15, -0.1) is 0 Å². The number of nitrogens with one attached hydrogen (secondary N) is 1. The number of halogens is 1. The number of likely N-dealkylation sites (tertiary alicyclic amines) is 1. The zero-order chi connectivity index (χ0) is 22.7. The first-order valence-corrected chi connectivity index (χ1v) is 11.3. The Kier molecular flexibility index (Phi) is 6.65. The molecular formula is C24H27ClN4O3. The van der Waals surface area contributed by atoms with Crippen LogP contribution in [0, 0.1) is 6.92 Å². The summed E-state index contributed by atoms with van der Waals surface area (Å²) >= 11 is 6.13. The molecule has 1 N–H and O–H groups in total. The maximum atomic E-state index is 12.9. The summed E-state index contributed by atoms with van der Waals surface area (Å²) in [6, 6.07) is 12.7. The van der Waals surface area contributed by atoms with Crippen molar-refractivity contribution in [1.82, 2.24) is 14.7 Å². The topological polar surface area (TPSA) is 73.0 Å². The fourth-order valence-electron chi connectivity index (χ4n) is 4.01. The standard InChI is InChI=1S/C24H27ClN4O3/c1-17-4-9-20(15-21(17)25)26-24(32)28-13-11-27(12-14-28)23(31)19-7-5-18(6-8-19)16-29-10-2-3-22(29)30/h4-9,15H,2-3,10-14,16H2,1H3,(H,26,32). The van der Waals surface area contributed by atoms with Crippen LogP contribution in [0.5, 0.6) is 0 Å². The quantitative estimate of drug-likeness (QED) is 0.764. The minimum Gasteiger partial charge on any atom is -0.338 e. The van der Waals surface area contributed by atoms with Crippen LogP contribution in [0.3, 0.4) is 0 Å². The van der Waals surface area contributed by atoms with Crippen molar-refractivity contribution in [2.45, 2.75) is 26.3 Å². The summed E-state index contributed by atoms with van der Waals surface area (Å²) in [5, 5.41) is 3.47. The van der Waals surface area contributed by atoms with Crippen molar-refractivity contribution >= 4 is 35.1 Å². The Labute approximate surface area is 192 Å². The molecule has 0 unspecified atom stereocenters. The summed E-state index contributed by atoms with van der Waals surface area (Å²) in [4.78, 5) is 42.5. The number of benzene rings is 2. The Balaban J connectivity index is 1.28. The van der Waals surface area contributed by atoms with E-state index in [-0.39, 0.29) is 17.8 Å². The number of rotatable bonds is 4. The number of carbonyl (C=O) groups excluding carboxylic acids is 3. The van der Waals surface area contributed by atoms with Gasteiger partial charge in [0.1, 0.15) is 0 Å². The highest BCUT2D eigenvalue weighted by atomic mass is 35.5. The molecule has 32 heavy (non-hydrogen) atoms. The van der Waals surface area contributed by atoms with Crippen LogP contribution in [-0.2, 0) is 11.3 Å². The molecule has 2 heterocycles. The lowest BCUT2D eigenvalue weighted by Gasteiger charge is -2.34. The summed E-state index contributed by atoms with van der Waals surface area (Å²) in [5.41, 5.74) is 3.25. The van der Waals surface area contributed by atoms with E-state index in [1.54, 1.807) is 15.9 Å². The fourth-order valence-corrected chi connectivity index (χ4v) is 4.19. The molecule has 0 atom stereocenters. The van der Waals surface area contributed by atoms with E-state index in [0.717, 1.165) is 24.1 Å². The maximum Gasteiger partial charge on any atom is 0.321 e. The zero-order valence-electron chi connectivity index (χ0n) is 18.1. The number of hydrogen-bond donors (Lipinski definition) is 1. The number of aryl methyl sites for hydroxylation is 1. The Morgan fingerprint density at radius 3 is 2.28 bits per heavy atom. The lowest BCUT2D eigenvalue weighted by atomic mass is 10.1. The Morgan fingerprint density at radius 1 is 0.969 bits per heavy atom. The molecule has 2 saturated heterocycles. The summed E-state index contributed by atoms with van der Waals surface area (Å²) in [6.45, 7) is 5.18. The number of urea groups is 1. The van der Waals surface area contributed by atoms with Gasteiger partial charge in [-0.25, -0.2) is 4.79 Å². The molecule has 4 amide bonds. The second-order valence-corrected chi connectivity index (χ2v) is 8.70. The van der Waals surface area contributed by atoms with Crippen molar-refractivity contribution in [2.75, 3.05) is 38.0 Å². The van der Waals surface area contributed by atoms with E-state index in [1.165, 1.54) is 0 Å². The number of amides is 4. The van der Waals surface area contributed by atoms with Crippen molar-refractivity contribution < 1.29 is 14.4 Å². The second kappa shape index (κ2) is 9.61. The molecule has 0 saturated carbocycles. The first-order chi connectivity index (χ1) is 15.4. The lowest BCUT2D eigenvalue weighted by molar-refractivity contribution is -0.128. The van der Waals surface area contributed by atoms with Crippen molar-refractivity contribution in [3.8, 4) is 0 Å². The predicted octanol–water partition coefficient (Wildman–Crippen LogP) is 3.76. The first kappa shape index (κ1) is 22.1. The van der Waals surface area contributed by atoms with Crippen LogP contribution in [0.4, 0.5) is 10.5 Å². The Bertz CT molecular complexity index is 1020. The molecule has 2 aliphatic rings. The summed E-state index contributed by atoms with van der Waals surface area (Å²) in [5.74, 6) is 0.150. The SMILES string of the molecule is Cc1ccc(NC(=O)N2CCN(C(=O)c3ccc(CN4CCCC4=O)cc3)CC2)cc1Cl. The highest BCUT2D eigenvalue weighted by Gasteiger charge is 2.25. The maximum absolute atomic E-state index is 12.9. The monoisotopic (exact) mass is 454 g/mol. The zero-order valence-corrected chi connectivity index (χ0v) is 18.9. The van der Waals surface area contributed by atoms with Crippen LogP contribution in [0.1, 0.15) is 34.3 Å². The van der Waals surface area contributed by atoms with Crippen LogP contribution in [0.25, 0.3) is 0 Å². The molecule has 168 valence electrons. The van der Waals surface area contributed by atoms with Crippen molar-refractivity contribution in [3.63, 3.8) is 0 Å². The number of nitrogens with zero attached hydrogens (tertiary/aromatic N) is 3. The van der Waals surface area contributed by atoms with Gasteiger partial charge in [-0.05, 0) is 48.7 Å². The van der Waals surface area contributed by atoms with Gasteiger partial charge in [0, 0.05) is 62.0 Å². The molecule has 0 aliphatic carbocycles. The average molecular weight is 455 g/mol. The first-order valence-electron chi connectivity index (χ1n) is 10.9. The summed E-state index contributed by atoms with van der Waals surface area (Å²) < 4.78 is 0. The van der Waals surface area contributed by atoms with Crippen molar-refractivity contribution in [2.24, 2.45) is 0 Å². The van der Waals surface area contributed by atoms with E-state index in [2.05, 4.69) is 5.32 Å².